The van der Waals surface area contributed by atoms with E-state index in [1.165, 1.54) is 0 Å². The Balaban J connectivity index is 1.95. The first-order valence-electron chi connectivity index (χ1n) is 5.42. The van der Waals surface area contributed by atoms with Crippen molar-refractivity contribution in [1.82, 2.24) is 14.8 Å². The van der Waals surface area contributed by atoms with Crippen molar-refractivity contribution >= 4 is 10.9 Å². The third kappa shape index (κ3) is 1.48. The van der Waals surface area contributed by atoms with Gasteiger partial charge in [-0.05, 0) is 18.9 Å². The molecule has 1 fully saturated rings. The number of ether oxygens (including phenoxy) is 1. The Kier molecular flexibility index (Phi) is 2.34. The standard InChI is InChI=1S/C11H13N3O2/c15-7-9-1-2-11(16-9)14-10-3-4-12-5-8(10)6-13-14/h3-6,9,11,15H,1-2,7H2/t9-,11+/m0/s1. The maximum absolute atomic E-state index is 9.03. The van der Waals surface area contributed by atoms with E-state index in [0.29, 0.717) is 0 Å². The topological polar surface area (TPSA) is 60.2 Å². The predicted molar refractivity (Wildman–Crippen MR) is 57.8 cm³/mol. The van der Waals surface area contributed by atoms with Gasteiger partial charge in [-0.2, -0.15) is 5.10 Å². The summed E-state index contributed by atoms with van der Waals surface area (Å²) < 4.78 is 7.56. The van der Waals surface area contributed by atoms with Crippen LogP contribution in [-0.2, 0) is 4.74 Å². The minimum atomic E-state index is -0.0583. The van der Waals surface area contributed by atoms with Crippen molar-refractivity contribution in [1.29, 1.82) is 0 Å². The molecule has 0 radical (unpaired) electrons. The second kappa shape index (κ2) is 3.84. The molecule has 0 unspecified atom stereocenters. The summed E-state index contributed by atoms with van der Waals surface area (Å²) in [5.41, 5.74) is 1.03. The van der Waals surface area contributed by atoms with E-state index >= 15 is 0 Å². The molecule has 0 spiro atoms. The summed E-state index contributed by atoms with van der Waals surface area (Å²) in [6, 6.07) is 1.93. The number of aromatic nitrogens is 3. The van der Waals surface area contributed by atoms with E-state index < -0.39 is 0 Å². The van der Waals surface area contributed by atoms with Crippen LogP contribution in [0.3, 0.4) is 0 Å². The van der Waals surface area contributed by atoms with Crippen LogP contribution in [0.5, 0.6) is 0 Å². The van der Waals surface area contributed by atoms with Gasteiger partial charge in [0.2, 0.25) is 0 Å². The van der Waals surface area contributed by atoms with E-state index in [0.717, 1.165) is 23.7 Å². The Bertz CT molecular complexity index is 497. The van der Waals surface area contributed by atoms with E-state index in [2.05, 4.69) is 10.1 Å². The molecule has 2 aromatic heterocycles. The van der Waals surface area contributed by atoms with Crippen molar-refractivity contribution in [3.63, 3.8) is 0 Å². The molecule has 0 bridgehead atoms. The van der Waals surface area contributed by atoms with Gasteiger partial charge >= 0.3 is 0 Å². The maximum atomic E-state index is 9.03. The van der Waals surface area contributed by atoms with Gasteiger partial charge in [-0.3, -0.25) is 4.98 Å². The largest absolute Gasteiger partial charge is 0.394 e. The van der Waals surface area contributed by atoms with Crippen molar-refractivity contribution in [2.75, 3.05) is 6.61 Å². The Morgan fingerprint density at radius 1 is 1.44 bits per heavy atom. The summed E-state index contributed by atoms with van der Waals surface area (Å²) >= 11 is 0. The highest BCUT2D eigenvalue weighted by Gasteiger charge is 2.27. The normalized spacial score (nSPS) is 25.3. The molecule has 0 aliphatic carbocycles. The highest BCUT2D eigenvalue weighted by Crippen LogP contribution is 2.29. The van der Waals surface area contributed by atoms with E-state index in [-0.39, 0.29) is 18.9 Å². The van der Waals surface area contributed by atoms with E-state index in [4.69, 9.17) is 9.84 Å². The van der Waals surface area contributed by atoms with Gasteiger partial charge in [0.05, 0.1) is 24.4 Å². The van der Waals surface area contributed by atoms with E-state index in [1.54, 1.807) is 18.6 Å². The summed E-state index contributed by atoms with van der Waals surface area (Å²) in [5, 5.41) is 14.4. The van der Waals surface area contributed by atoms with Crippen molar-refractivity contribution in [2.45, 2.75) is 25.2 Å². The van der Waals surface area contributed by atoms with E-state index in [9.17, 15) is 0 Å². The Morgan fingerprint density at radius 2 is 2.38 bits per heavy atom. The number of pyridine rings is 1. The van der Waals surface area contributed by atoms with Crippen LogP contribution in [0.25, 0.3) is 10.9 Å². The van der Waals surface area contributed by atoms with Gasteiger partial charge in [0.15, 0.2) is 6.23 Å². The van der Waals surface area contributed by atoms with Crippen LogP contribution in [0.1, 0.15) is 19.1 Å². The monoisotopic (exact) mass is 219 g/mol. The third-order valence-corrected chi connectivity index (χ3v) is 2.96. The van der Waals surface area contributed by atoms with Crippen LogP contribution >= 0.6 is 0 Å². The number of hydrogen-bond donors (Lipinski definition) is 1. The van der Waals surface area contributed by atoms with Crippen molar-refractivity contribution in [3.8, 4) is 0 Å². The van der Waals surface area contributed by atoms with Crippen LogP contribution in [0, 0.1) is 0 Å². The average molecular weight is 219 g/mol. The number of fused-ring (bicyclic) bond motifs is 1. The van der Waals surface area contributed by atoms with Gasteiger partial charge in [-0.25, -0.2) is 4.68 Å². The fourth-order valence-electron chi connectivity index (χ4n) is 2.12. The Morgan fingerprint density at radius 3 is 3.19 bits per heavy atom. The molecule has 3 rings (SSSR count). The van der Waals surface area contributed by atoms with Gasteiger partial charge in [-0.15, -0.1) is 0 Å². The molecular formula is C11H13N3O2. The molecule has 84 valence electrons. The first-order chi connectivity index (χ1) is 7.88. The lowest BCUT2D eigenvalue weighted by Gasteiger charge is -2.13. The van der Waals surface area contributed by atoms with Gasteiger partial charge in [0, 0.05) is 17.8 Å². The molecule has 1 N–H and O–H groups in total. The van der Waals surface area contributed by atoms with Crippen molar-refractivity contribution in [3.05, 3.63) is 24.7 Å². The molecule has 2 atom stereocenters. The summed E-state index contributed by atoms with van der Waals surface area (Å²) in [7, 11) is 0. The molecule has 0 saturated carbocycles. The van der Waals surface area contributed by atoms with Gasteiger partial charge in [0.1, 0.15) is 0 Å². The highest BCUT2D eigenvalue weighted by molar-refractivity contribution is 5.77. The number of aliphatic hydroxyl groups is 1. The molecule has 1 aliphatic rings. The minimum absolute atomic E-state index is 0.0499. The molecule has 0 aromatic carbocycles. The lowest BCUT2D eigenvalue weighted by atomic mass is 10.2. The van der Waals surface area contributed by atoms with Gasteiger partial charge in [-0.1, -0.05) is 0 Å². The molecular weight excluding hydrogens is 206 g/mol. The van der Waals surface area contributed by atoms with Crippen molar-refractivity contribution < 1.29 is 9.84 Å². The van der Waals surface area contributed by atoms with Crippen LogP contribution in [0.2, 0.25) is 0 Å². The van der Waals surface area contributed by atoms with Crippen LogP contribution < -0.4 is 0 Å². The lowest BCUT2D eigenvalue weighted by molar-refractivity contribution is -0.0260. The minimum Gasteiger partial charge on any atom is -0.394 e. The molecule has 3 heterocycles. The smallest absolute Gasteiger partial charge is 0.151 e. The Labute approximate surface area is 92.7 Å². The van der Waals surface area contributed by atoms with Crippen LogP contribution in [-0.4, -0.2) is 32.6 Å². The molecule has 1 aliphatic heterocycles. The molecule has 5 heteroatoms. The zero-order valence-corrected chi connectivity index (χ0v) is 8.78. The first-order valence-corrected chi connectivity index (χ1v) is 5.42. The summed E-state index contributed by atoms with van der Waals surface area (Å²) in [6.45, 7) is 0.0806. The molecule has 0 amide bonds. The molecule has 16 heavy (non-hydrogen) atoms. The van der Waals surface area contributed by atoms with Crippen LogP contribution in [0.15, 0.2) is 24.7 Å². The second-order valence-electron chi connectivity index (χ2n) is 4.00. The molecule has 1 saturated heterocycles. The SMILES string of the molecule is OC[C@@H]1CC[C@H](n2ncc3cnccc32)O1. The number of nitrogens with zero attached hydrogens (tertiary/aromatic N) is 3. The summed E-state index contributed by atoms with van der Waals surface area (Å²) in [5.74, 6) is 0. The van der Waals surface area contributed by atoms with Crippen LogP contribution in [0.4, 0.5) is 0 Å². The summed E-state index contributed by atoms with van der Waals surface area (Å²) in [4.78, 5) is 4.05. The summed E-state index contributed by atoms with van der Waals surface area (Å²) in [6.07, 6.45) is 7.00. The zero-order valence-electron chi connectivity index (χ0n) is 8.78. The zero-order chi connectivity index (χ0) is 11.0. The first kappa shape index (κ1) is 9.74. The number of aliphatic hydroxyl groups excluding tert-OH is 1. The molecule has 5 nitrogen and oxygen atoms in total. The Hall–Kier alpha value is -1.46. The highest BCUT2D eigenvalue weighted by atomic mass is 16.5. The lowest BCUT2D eigenvalue weighted by Crippen LogP contribution is -2.14. The van der Waals surface area contributed by atoms with E-state index in [1.807, 2.05) is 10.7 Å². The second-order valence-corrected chi connectivity index (χ2v) is 4.00. The predicted octanol–water partition coefficient (Wildman–Crippen LogP) is 1.10. The van der Waals surface area contributed by atoms with Gasteiger partial charge < -0.3 is 9.84 Å². The third-order valence-electron chi connectivity index (χ3n) is 2.96. The van der Waals surface area contributed by atoms with Crippen molar-refractivity contribution in [2.24, 2.45) is 0 Å². The fraction of sp³-hybridized carbons (Fsp3) is 0.455. The molecule has 2 aromatic rings. The average Bonchev–Trinajstić information content (AvgIpc) is 2.94. The number of rotatable bonds is 2. The fourth-order valence-corrected chi connectivity index (χ4v) is 2.12. The van der Waals surface area contributed by atoms with Gasteiger partial charge in [0.25, 0.3) is 0 Å². The maximum Gasteiger partial charge on any atom is 0.151 e. The number of hydrogen-bond acceptors (Lipinski definition) is 4. The quantitative estimate of drug-likeness (QED) is 0.821.